The first kappa shape index (κ1) is 10.2. The SMILES string of the molecule is NC(=O)C[CH]c1ccccc1C(N)=O. The average Bonchev–Trinajstić information content (AvgIpc) is 2.15. The van der Waals surface area contributed by atoms with Crippen molar-refractivity contribution in [2.75, 3.05) is 0 Å². The molecule has 0 saturated heterocycles. The summed E-state index contributed by atoms with van der Waals surface area (Å²) < 4.78 is 0. The lowest BCUT2D eigenvalue weighted by Gasteiger charge is -2.03. The van der Waals surface area contributed by atoms with Gasteiger partial charge in [-0.15, -0.1) is 0 Å². The number of hydrogen-bond acceptors (Lipinski definition) is 2. The molecule has 0 fully saturated rings. The van der Waals surface area contributed by atoms with Crippen LogP contribution in [-0.4, -0.2) is 11.8 Å². The fourth-order valence-corrected chi connectivity index (χ4v) is 1.11. The van der Waals surface area contributed by atoms with E-state index in [1.54, 1.807) is 30.7 Å². The highest BCUT2D eigenvalue weighted by atomic mass is 16.1. The first-order chi connectivity index (χ1) is 6.61. The molecule has 0 atom stereocenters. The maximum atomic E-state index is 11.0. The van der Waals surface area contributed by atoms with E-state index in [1.165, 1.54) is 0 Å². The first-order valence-electron chi connectivity index (χ1n) is 4.11. The zero-order valence-corrected chi connectivity index (χ0v) is 7.57. The molecule has 0 aliphatic carbocycles. The molecule has 0 aromatic heterocycles. The second-order valence-electron chi connectivity index (χ2n) is 2.83. The van der Waals surface area contributed by atoms with Crippen molar-refractivity contribution in [2.45, 2.75) is 6.42 Å². The Morgan fingerprint density at radius 1 is 1.21 bits per heavy atom. The van der Waals surface area contributed by atoms with Crippen LogP contribution in [0.15, 0.2) is 24.3 Å². The summed E-state index contributed by atoms with van der Waals surface area (Å²) in [6.45, 7) is 0. The van der Waals surface area contributed by atoms with Gasteiger partial charge < -0.3 is 11.5 Å². The highest BCUT2D eigenvalue weighted by molar-refractivity contribution is 5.95. The molecule has 0 aliphatic rings. The summed E-state index contributed by atoms with van der Waals surface area (Å²) in [6, 6.07) is 6.79. The van der Waals surface area contributed by atoms with Crippen LogP contribution in [0.5, 0.6) is 0 Å². The minimum Gasteiger partial charge on any atom is -0.370 e. The fourth-order valence-electron chi connectivity index (χ4n) is 1.11. The van der Waals surface area contributed by atoms with E-state index in [1.807, 2.05) is 0 Å². The van der Waals surface area contributed by atoms with E-state index < -0.39 is 11.8 Å². The van der Waals surface area contributed by atoms with Gasteiger partial charge in [-0.05, 0) is 11.6 Å². The van der Waals surface area contributed by atoms with Crippen LogP contribution in [-0.2, 0) is 4.79 Å². The Labute approximate surface area is 81.9 Å². The molecule has 73 valence electrons. The van der Waals surface area contributed by atoms with Gasteiger partial charge in [0.2, 0.25) is 11.8 Å². The van der Waals surface area contributed by atoms with Gasteiger partial charge in [0.15, 0.2) is 0 Å². The number of rotatable bonds is 4. The van der Waals surface area contributed by atoms with Crippen molar-refractivity contribution in [2.24, 2.45) is 11.5 Å². The third kappa shape index (κ3) is 2.58. The van der Waals surface area contributed by atoms with E-state index in [0.29, 0.717) is 11.1 Å². The highest BCUT2D eigenvalue weighted by Crippen LogP contribution is 2.11. The molecule has 0 spiro atoms. The maximum Gasteiger partial charge on any atom is 0.248 e. The Morgan fingerprint density at radius 2 is 1.86 bits per heavy atom. The van der Waals surface area contributed by atoms with Crippen molar-refractivity contribution in [3.8, 4) is 0 Å². The van der Waals surface area contributed by atoms with E-state index >= 15 is 0 Å². The summed E-state index contributed by atoms with van der Waals surface area (Å²) in [5, 5.41) is 0. The van der Waals surface area contributed by atoms with E-state index in [0.717, 1.165) is 0 Å². The van der Waals surface area contributed by atoms with Gasteiger partial charge in [-0.2, -0.15) is 0 Å². The van der Waals surface area contributed by atoms with Crippen LogP contribution in [0.4, 0.5) is 0 Å². The lowest BCUT2D eigenvalue weighted by Crippen LogP contribution is -2.15. The van der Waals surface area contributed by atoms with E-state index in [2.05, 4.69) is 0 Å². The van der Waals surface area contributed by atoms with Gasteiger partial charge in [-0.1, -0.05) is 18.2 Å². The van der Waals surface area contributed by atoms with Crippen LogP contribution < -0.4 is 11.5 Å². The smallest absolute Gasteiger partial charge is 0.248 e. The molecule has 4 N–H and O–H groups in total. The van der Waals surface area contributed by atoms with Gasteiger partial charge in [0.05, 0.1) is 0 Å². The fraction of sp³-hybridized carbons (Fsp3) is 0.100. The molecule has 14 heavy (non-hydrogen) atoms. The van der Waals surface area contributed by atoms with Crippen molar-refractivity contribution in [3.05, 3.63) is 41.8 Å². The second-order valence-corrected chi connectivity index (χ2v) is 2.83. The van der Waals surface area contributed by atoms with Crippen molar-refractivity contribution in [1.29, 1.82) is 0 Å². The molecule has 4 heteroatoms. The maximum absolute atomic E-state index is 11.0. The molecule has 0 saturated carbocycles. The monoisotopic (exact) mass is 191 g/mol. The molecule has 4 nitrogen and oxygen atoms in total. The van der Waals surface area contributed by atoms with Crippen LogP contribution in [0, 0.1) is 6.42 Å². The number of amides is 2. The molecule has 0 unspecified atom stereocenters. The van der Waals surface area contributed by atoms with Gasteiger partial charge in [0.1, 0.15) is 0 Å². The predicted molar refractivity (Wildman–Crippen MR) is 52.2 cm³/mol. The van der Waals surface area contributed by atoms with Crippen LogP contribution in [0.25, 0.3) is 0 Å². The molecule has 0 aliphatic heterocycles. The molecular formula is C10H11N2O2. The Bertz CT molecular complexity index is 361. The molecule has 1 aromatic rings. The molecule has 1 radical (unpaired) electrons. The summed E-state index contributed by atoms with van der Waals surface area (Å²) in [5.74, 6) is -0.953. The topological polar surface area (TPSA) is 86.2 Å². The Balaban J connectivity index is 2.84. The van der Waals surface area contributed by atoms with Gasteiger partial charge in [0.25, 0.3) is 0 Å². The molecule has 1 aromatic carbocycles. The van der Waals surface area contributed by atoms with Gasteiger partial charge in [-0.3, -0.25) is 9.59 Å². The van der Waals surface area contributed by atoms with Crippen LogP contribution >= 0.6 is 0 Å². The summed E-state index contributed by atoms with van der Waals surface area (Å²) >= 11 is 0. The first-order valence-corrected chi connectivity index (χ1v) is 4.11. The zero-order valence-electron chi connectivity index (χ0n) is 7.57. The van der Waals surface area contributed by atoms with Crippen molar-refractivity contribution >= 4 is 11.8 Å². The molecule has 1 rings (SSSR count). The largest absolute Gasteiger partial charge is 0.370 e. The number of nitrogens with two attached hydrogens (primary N) is 2. The third-order valence-electron chi connectivity index (χ3n) is 1.75. The van der Waals surface area contributed by atoms with Gasteiger partial charge in [-0.25, -0.2) is 0 Å². The number of carbonyl (C=O) groups is 2. The van der Waals surface area contributed by atoms with E-state index in [9.17, 15) is 9.59 Å². The zero-order chi connectivity index (χ0) is 10.6. The molecular weight excluding hydrogens is 180 g/mol. The van der Waals surface area contributed by atoms with E-state index in [4.69, 9.17) is 11.5 Å². The minimum absolute atomic E-state index is 0.101. The Kier molecular flexibility index (Phi) is 3.23. The number of carbonyl (C=O) groups excluding carboxylic acids is 2. The number of benzene rings is 1. The molecule has 0 heterocycles. The van der Waals surface area contributed by atoms with Gasteiger partial charge in [0, 0.05) is 18.4 Å². The van der Waals surface area contributed by atoms with Gasteiger partial charge >= 0.3 is 0 Å². The Hall–Kier alpha value is -1.84. The number of hydrogen-bond donors (Lipinski definition) is 2. The van der Waals surface area contributed by atoms with Crippen LogP contribution in [0.3, 0.4) is 0 Å². The van der Waals surface area contributed by atoms with Crippen molar-refractivity contribution in [1.82, 2.24) is 0 Å². The normalized spacial score (nSPS) is 9.71. The predicted octanol–water partition coefficient (Wildman–Crippen LogP) is 0.213. The molecule has 0 bridgehead atoms. The quantitative estimate of drug-likeness (QED) is 0.712. The summed E-state index contributed by atoms with van der Waals surface area (Å²) in [4.78, 5) is 21.5. The standard InChI is InChI=1S/C10H11N2O2/c11-9(13)6-5-7-3-1-2-4-8(7)10(12)14/h1-5H,6H2,(H2,11,13)(H2,12,14). The number of primary amides is 2. The molecule has 2 amide bonds. The Morgan fingerprint density at radius 3 is 2.43 bits per heavy atom. The summed E-state index contributed by atoms with van der Waals surface area (Å²) in [6.07, 6.45) is 1.69. The third-order valence-corrected chi connectivity index (χ3v) is 1.75. The lowest BCUT2D eigenvalue weighted by molar-refractivity contribution is -0.117. The summed E-state index contributed by atoms with van der Waals surface area (Å²) in [5.41, 5.74) is 11.2. The van der Waals surface area contributed by atoms with Crippen molar-refractivity contribution < 1.29 is 9.59 Å². The summed E-state index contributed by atoms with van der Waals surface area (Å²) in [7, 11) is 0. The lowest BCUT2D eigenvalue weighted by atomic mass is 10.0. The van der Waals surface area contributed by atoms with Crippen molar-refractivity contribution in [3.63, 3.8) is 0 Å². The van der Waals surface area contributed by atoms with Crippen LogP contribution in [0.2, 0.25) is 0 Å². The average molecular weight is 191 g/mol. The highest BCUT2D eigenvalue weighted by Gasteiger charge is 2.07. The van der Waals surface area contributed by atoms with Crippen LogP contribution in [0.1, 0.15) is 22.3 Å². The second kappa shape index (κ2) is 4.41. The van der Waals surface area contributed by atoms with E-state index in [-0.39, 0.29) is 6.42 Å². The minimum atomic E-state index is -0.513.